The summed E-state index contributed by atoms with van der Waals surface area (Å²) in [6.07, 6.45) is 0. The lowest BCUT2D eigenvalue weighted by Crippen LogP contribution is -2.32. The van der Waals surface area contributed by atoms with Crippen molar-refractivity contribution < 1.29 is 4.74 Å². The van der Waals surface area contributed by atoms with E-state index in [9.17, 15) is 0 Å². The number of nitrogens with one attached hydrogen (secondary N) is 1. The monoisotopic (exact) mass is 438 g/mol. The molecular formula is C21H22N6OS2. The molecule has 1 aliphatic rings. The number of methoxy groups -OCH3 is 1. The highest BCUT2D eigenvalue weighted by Gasteiger charge is 2.31. The lowest BCUT2D eigenvalue weighted by atomic mass is 10.1. The summed E-state index contributed by atoms with van der Waals surface area (Å²) >= 11 is 3.14. The fourth-order valence-electron chi connectivity index (χ4n) is 2.90. The van der Waals surface area contributed by atoms with Crippen LogP contribution in [0.15, 0.2) is 58.6 Å². The van der Waals surface area contributed by atoms with Crippen LogP contribution in [-0.2, 0) is 0 Å². The van der Waals surface area contributed by atoms with E-state index >= 15 is 0 Å². The first kappa shape index (κ1) is 20.4. The third kappa shape index (κ3) is 4.63. The topological polar surface area (TPSA) is 75.0 Å². The van der Waals surface area contributed by atoms with E-state index in [4.69, 9.17) is 14.8 Å². The Labute approximate surface area is 183 Å². The standard InChI is InChI=1S/C21H22N6OS2/c1-13-5-7-16(8-6-13)19-27(26-15(3)29-19)20(23-21-25-24-14(2)30-21)22-17-9-11-18(28-4)12-10-17/h5-12,19H,1-4H3,(H,22,23,25). The Morgan fingerprint density at radius 2 is 1.77 bits per heavy atom. The van der Waals surface area contributed by atoms with Gasteiger partial charge >= 0.3 is 0 Å². The molecule has 0 radical (unpaired) electrons. The zero-order valence-corrected chi connectivity index (χ0v) is 18.8. The van der Waals surface area contributed by atoms with Crippen molar-refractivity contribution in [3.63, 3.8) is 0 Å². The molecule has 0 bridgehead atoms. The number of hydrogen-bond acceptors (Lipinski definition) is 7. The smallest absolute Gasteiger partial charge is 0.234 e. The summed E-state index contributed by atoms with van der Waals surface area (Å²) in [5.41, 5.74) is 3.26. The molecule has 7 nitrogen and oxygen atoms in total. The molecule has 0 amide bonds. The number of guanidine groups is 1. The molecule has 0 saturated carbocycles. The van der Waals surface area contributed by atoms with Crippen LogP contribution in [0.1, 0.15) is 28.4 Å². The third-order valence-corrected chi connectivity index (χ3v) is 6.25. The molecule has 1 atom stereocenters. The fraction of sp³-hybridized carbons (Fsp3) is 0.238. The Bertz CT molecular complexity index is 1080. The minimum absolute atomic E-state index is 0.0240. The zero-order valence-electron chi connectivity index (χ0n) is 17.2. The zero-order chi connectivity index (χ0) is 21.1. The molecule has 154 valence electrons. The van der Waals surface area contributed by atoms with Crippen molar-refractivity contribution >= 4 is 44.9 Å². The molecule has 0 aliphatic carbocycles. The Hall–Kier alpha value is -2.91. The molecule has 2 heterocycles. The predicted molar refractivity (Wildman–Crippen MR) is 125 cm³/mol. The van der Waals surface area contributed by atoms with Crippen LogP contribution < -0.4 is 10.1 Å². The summed E-state index contributed by atoms with van der Waals surface area (Å²) < 4.78 is 5.26. The third-order valence-electron chi connectivity index (χ3n) is 4.40. The van der Waals surface area contributed by atoms with E-state index < -0.39 is 0 Å². The summed E-state index contributed by atoms with van der Waals surface area (Å²) in [7, 11) is 1.65. The maximum Gasteiger partial charge on any atom is 0.234 e. The molecule has 4 rings (SSSR count). The van der Waals surface area contributed by atoms with Crippen LogP contribution in [0.2, 0.25) is 0 Å². The van der Waals surface area contributed by atoms with Crippen molar-refractivity contribution in [1.82, 2.24) is 15.2 Å². The second-order valence-corrected chi connectivity index (χ2v) is 9.17. The number of benzene rings is 2. The van der Waals surface area contributed by atoms with Crippen molar-refractivity contribution in [1.29, 1.82) is 0 Å². The number of ether oxygens (including phenoxy) is 1. The van der Waals surface area contributed by atoms with Gasteiger partial charge in [-0.15, -0.1) is 10.2 Å². The predicted octanol–water partition coefficient (Wildman–Crippen LogP) is 5.34. The van der Waals surface area contributed by atoms with Crippen LogP contribution in [0.25, 0.3) is 0 Å². The summed E-state index contributed by atoms with van der Waals surface area (Å²) in [5.74, 6) is 1.38. The molecule has 1 N–H and O–H groups in total. The molecule has 0 fully saturated rings. The largest absolute Gasteiger partial charge is 0.497 e. The summed E-state index contributed by atoms with van der Waals surface area (Å²) in [6.45, 7) is 6.00. The lowest BCUT2D eigenvalue weighted by molar-refractivity contribution is 0.415. The van der Waals surface area contributed by atoms with Gasteiger partial charge in [0.25, 0.3) is 0 Å². The number of hydrogen-bond donors (Lipinski definition) is 1. The summed E-state index contributed by atoms with van der Waals surface area (Å²) in [6, 6.07) is 16.2. The molecule has 30 heavy (non-hydrogen) atoms. The van der Waals surface area contributed by atoms with Gasteiger partial charge in [0.15, 0.2) is 0 Å². The van der Waals surface area contributed by atoms with Gasteiger partial charge in [-0.25, -0.2) is 5.01 Å². The summed E-state index contributed by atoms with van der Waals surface area (Å²) in [5, 5.41) is 20.7. The number of hydrazone groups is 1. The number of anilines is 1. The molecule has 0 saturated heterocycles. The quantitative estimate of drug-likeness (QED) is 0.437. The number of aromatic nitrogens is 2. The average Bonchev–Trinajstić information content (AvgIpc) is 3.34. The molecule has 1 unspecified atom stereocenters. The Balaban J connectivity index is 1.71. The van der Waals surface area contributed by atoms with Crippen molar-refractivity contribution in [2.75, 3.05) is 12.4 Å². The molecule has 3 aromatic rings. The van der Waals surface area contributed by atoms with Crippen LogP contribution in [-0.4, -0.2) is 33.3 Å². The van der Waals surface area contributed by atoms with Crippen molar-refractivity contribution in [3.05, 3.63) is 64.7 Å². The van der Waals surface area contributed by atoms with E-state index in [2.05, 4.69) is 46.7 Å². The average molecular weight is 439 g/mol. The highest BCUT2D eigenvalue weighted by atomic mass is 32.2. The van der Waals surface area contributed by atoms with Crippen LogP contribution in [0, 0.1) is 13.8 Å². The van der Waals surface area contributed by atoms with Gasteiger partial charge in [-0.05, 0) is 50.6 Å². The lowest BCUT2D eigenvalue weighted by Gasteiger charge is -2.25. The molecule has 9 heteroatoms. The van der Waals surface area contributed by atoms with Gasteiger partial charge in [-0.3, -0.25) is 0 Å². The SMILES string of the molecule is COc1ccc(N/C(=N\c2nnc(C)s2)N2N=C(C)SC2c2ccc(C)cc2)cc1. The first-order valence-electron chi connectivity index (χ1n) is 9.39. The highest BCUT2D eigenvalue weighted by molar-refractivity contribution is 8.14. The highest BCUT2D eigenvalue weighted by Crippen LogP contribution is 2.40. The van der Waals surface area contributed by atoms with Crippen LogP contribution in [0.3, 0.4) is 0 Å². The van der Waals surface area contributed by atoms with Crippen LogP contribution >= 0.6 is 23.1 Å². The normalized spacial score (nSPS) is 16.5. The summed E-state index contributed by atoms with van der Waals surface area (Å²) in [4.78, 5) is 4.75. The number of thioether (sulfide) groups is 1. The van der Waals surface area contributed by atoms with E-state index in [1.807, 2.05) is 43.1 Å². The maximum absolute atomic E-state index is 5.26. The molecule has 1 aromatic heterocycles. The second-order valence-electron chi connectivity index (χ2n) is 6.74. The molecule has 1 aliphatic heterocycles. The van der Waals surface area contributed by atoms with Crippen molar-refractivity contribution in [3.8, 4) is 5.75 Å². The van der Waals surface area contributed by atoms with Gasteiger partial charge in [-0.1, -0.05) is 52.9 Å². The van der Waals surface area contributed by atoms with Crippen molar-refractivity contribution in [2.24, 2.45) is 10.1 Å². The maximum atomic E-state index is 5.26. The second kappa shape index (κ2) is 8.85. The van der Waals surface area contributed by atoms with Gasteiger partial charge in [-0.2, -0.15) is 10.1 Å². The van der Waals surface area contributed by atoms with Gasteiger partial charge in [0.2, 0.25) is 11.1 Å². The molecule has 0 spiro atoms. The molecule has 2 aromatic carbocycles. The van der Waals surface area contributed by atoms with E-state index in [1.165, 1.54) is 16.9 Å². The van der Waals surface area contributed by atoms with E-state index in [0.29, 0.717) is 11.1 Å². The Kier molecular flexibility index (Phi) is 6.01. The van der Waals surface area contributed by atoms with E-state index in [-0.39, 0.29) is 5.37 Å². The first-order chi connectivity index (χ1) is 14.5. The van der Waals surface area contributed by atoms with Gasteiger partial charge in [0.1, 0.15) is 16.1 Å². The van der Waals surface area contributed by atoms with E-state index in [1.54, 1.807) is 18.9 Å². The van der Waals surface area contributed by atoms with Crippen molar-refractivity contribution in [2.45, 2.75) is 26.1 Å². The first-order valence-corrected chi connectivity index (χ1v) is 11.1. The van der Waals surface area contributed by atoms with Crippen LogP contribution in [0.4, 0.5) is 10.8 Å². The Morgan fingerprint density at radius 1 is 1.03 bits per heavy atom. The van der Waals surface area contributed by atoms with Gasteiger partial charge in [0, 0.05) is 5.69 Å². The number of rotatable bonds is 4. The molecular weight excluding hydrogens is 416 g/mol. The number of aryl methyl sites for hydroxylation is 2. The minimum Gasteiger partial charge on any atom is -0.497 e. The van der Waals surface area contributed by atoms with Gasteiger partial charge in [0.05, 0.1) is 12.2 Å². The number of aliphatic imine (C=N–C) groups is 1. The van der Waals surface area contributed by atoms with Crippen LogP contribution in [0.5, 0.6) is 5.75 Å². The fourth-order valence-corrected chi connectivity index (χ4v) is 4.46. The Morgan fingerprint density at radius 3 is 2.40 bits per heavy atom. The van der Waals surface area contributed by atoms with E-state index in [0.717, 1.165) is 27.1 Å². The van der Waals surface area contributed by atoms with Gasteiger partial charge < -0.3 is 10.1 Å². The minimum atomic E-state index is -0.0240. The number of nitrogens with zero attached hydrogens (tertiary/aromatic N) is 5.